The molecule has 0 radical (unpaired) electrons. The second kappa shape index (κ2) is 6.13. The summed E-state index contributed by atoms with van der Waals surface area (Å²) in [7, 11) is -3.99. The fraction of sp³-hybridized carbons (Fsp3) is 0.643. The lowest BCUT2D eigenvalue weighted by Gasteiger charge is -2.39. The average Bonchev–Trinajstić information content (AvgIpc) is 2.75. The topological polar surface area (TPSA) is 159 Å². The molecule has 142 valence electrons. The van der Waals surface area contributed by atoms with E-state index in [0.29, 0.717) is 0 Å². The summed E-state index contributed by atoms with van der Waals surface area (Å²) in [6, 6.07) is 3.08. The Hall–Kier alpha value is -1.80. The second-order valence-electron chi connectivity index (χ2n) is 6.49. The number of fused-ring (bicyclic) bond motifs is 1. The van der Waals surface area contributed by atoms with Gasteiger partial charge in [0.15, 0.2) is 0 Å². The third-order valence-corrected chi connectivity index (χ3v) is 6.01. The van der Waals surface area contributed by atoms with Gasteiger partial charge in [0.2, 0.25) is 0 Å². The molecule has 3 N–H and O–H groups in total. The molecule has 1 unspecified atom stereocenters. The lowest BCUT2D eigenvalue weighted by atomic mass is 9.90. The highest BCUT2D eigenvalue weighted by Gasteiger charge is 2.69. The maximum Gasteiger partial charge on any atom is 0.475 e. The van der Waals surface area contributed by atoms with Crippen molar-refractivity contribution in [3.63, 3.8) is 0 Å². The number of aromatic nitrogens is 2. The number of anilines is 1. The molecule has 0 aliphatic carbocycles. The molecule has 2 aliphatic rings. The Kier molecular flexibility index (Phi) is 4.47. The van der Waals surface area contributed by atoms with Crippen LogP contribution >= 0.6 is 7.82 Å². The Morgan fingerprint density at radius 3 is 2.88 bits per heavy atom. The SMILES string of the molecule is CC(C)OP1(=O)OC[C@H]2O[C@@](C#N)(n3ccc(N)nc3=O)[C@H](O)[C@]2(C)O1. The van der Waals surface area contributed by atoms with E-state index in [9.17, 15) is 19.7 Å². The molecule has 2 saturated heterocycles. The first-order valence-electron chi connectivity index (χ1n) is 7.83. The van der Waals surface area contributed by atoms with Gasteiger partial charge in [-0.15, -0.1) is 0 Å². The number of ether oxygens (including phenoxy) is 1. The van der Waals surface area contributed by atoms with Crippen LogP contribution in [0.1, 0.15) is 20.8 Å². The van der Waals surface area contributed by atoms with Crippen molar-refractivity contribution in [3.8, 4) is 6.07 Å². The average molecular weight is 386 g/mol. The zero-order valence-electron chi connectivity index (χ0n) is 14.4. The summed E-state index contributed by atoms with van der Waals surface area (Å²) in [5.41, 5.74) is 0.783. The third kappa shape index (κ3) is 2.75. The van der Waals surface area contributed by atoms with Gasteiger partial charge in [0, 0.05) is 6.20 Å². The molecule has 1 aromatic rings. The first kappa shape index (κ1) is 19.0. The van der Waals surface area contributed by atoms with Gasteiger partial charge in [0.25, 0.3) is 5.72 Å². The summed E-state index contributed by atoms with van der Waals surface area (Å²) in [5, 5.41) is 20.6. The smallest absolute Gasteiger partial charge is 0.384 e. The van der Waals surface area contributed by atoms with Gasteiger partial charge in [0.1, 0.15) is 29.7 Å². The number of aliphatic hydroxyl groups excluding tert-OH is 1. The van der Waals surface area contributed by atoms with Crippen molar-refractivity contribution in [2.45, 2.75) is 50.4 Å². The van der Waals surface area contributed by atoms with Crippen molar-refractivity contribution in [2.24, 2.45) is 0 Å². The molecular weight excluding hydrogens is 367 g/mol. The van der Waals surface area contributed by atoms with Crippen molar-refractivity contribution < 1.29 is 28.0 Å². The van der Waals surface area contributed by atoms with Gasteiger partial charge in [-0.05, 0) is 26.8 Å². The Balaban J connectivity index is 2.05. The minimum atomic E-state index is -3.99. The Labute approximate surface area is 148 Å². The van der Waals surface area contributed by atoms with Crippen LogP contribution in [0.5, 0.6) is 0 Å². The maximum absolute atomic E-state index is 12.7. The number of nitriles is 1. The number of nitrogen functional groups attached to an aromatic ring is 1. The lowest BCUT2D eigenvalue weighted by Crippen LogP contribution is -2.55. The molecule has 0 bridgehead atoms. The van der Waals surface area contributed by atoms with E-state index in [1.165, 1.54) is 19.2 Å². The molecule has 3 rings (SSSR count). The summed E-state index contributed by atoms with van der Waals surface area (Å²) in [5.74, 6) is -0.0510. The number of hydrogen-bond donors (Lipinski definition) is 2. The maximum atomic E-state index is 12.7. The van der Waals surface area contributed by atoms with Crippen LogP contribution in [-0.4, -0.2) is 45.2 Å². The number of aliphatic hydroxyl groups is 1. The van der Waals surface area contributed by atoms with Gasteiger partial charge in [-0.25, -0.2) is 9.36 Å². The van der Waals surface area contributed by atoms with Crippen molar-refractivity contribution in [1.29, 1.82) is 5.26 Å². The molecular formula is C14H19N4O7P. The van der Waals surface area contributed by atoms with Crippen molar-refractivity contribution >= 4 is 13.6 Å². The minimum Gasteiger partial charge on any atom is -0.384 e. The molecule has 0 amide bonds. The Morgan fingerprint density at radius 1 is 1.62 bits per heavy atom. The van der Waals surface area contributed by atoms with Crippen LogP contribution in [0.4, 0.5) is 5.82 Å². The van der Waals surface area contributed by atoms with Crippen molar-refractivity contribution in [2.75, 3.05) is 12.3 Å². The fourth-order valence-corrected chi connectivity index (χ4v) is 4.70. The zero-order chi connectivity index (χ0) is 19.3. The standard InChI is InChI=1S/C14H19N4O7P/c1-8(2)24-26(21)22-6-9-13(3,25-26)11(19)14(7-15,23-9)18-5-4-10(16)17-12(18)20/h4-5,8-9,11,19H,6H2,1-3H3,(H2,16,17,20)/t9-,11-,13-,14-,26?/m1/s1. The Bertz CT molecular complexity index is 868. The quantitative estimate of drug-likeness (QED) is 0.682. The summed E-state index contributed by atoms with van der Waals surface area (Å²) in [6.07, 6.45) is -1.96. The largest absolute Gasteiger partial charge is 0.475 e. The number of nitrogens with zero attached hydrogens (tertiary/aromatic N) is 3. The number of nitrogens with two attached hydrogens (primary N) is 1. The van der Waals surface area contributed by atoms with E-state index in [1.807, 2.05) is 0 Å². The number of rotatable bonds is 3. The molecule has 12 heteroatoms. The van der Waals surface area contributed by atoms with E-state index >= 15 is 0 Å². The summed E-state index contributed by atoms with van der Waals surface area (Å²) < 4.78 is 35.0. The summed E-state index contributed by atoms with van der Waals surface area (Å²) in [4.78, 5) is 15.7. The van der Waals surface area contributed by atoms with Crippen LogP contribution in [0.25, 0.3) is 0 Å². The van der Waals surface area contributed by atoms with E-state index in [2.05, 4.69) is 4.98 Å². The zero-order valence-corrected chi connectivity index (χ0v) is 15.3. The number of phosphoric acid groups is 1. The molecule has 0 spiro atoms. The van der Waals surface area contributed by atoms with Gasteiger partial charge in [0.05, 0.1) is 12.7 Å². The third-order valence-electron chi connectivity index (χ3n) is 4.25. The van der Waals surface area contributed by atoms with E-state index in [1.54, 1.807) is 19.9 Å². The van der Waals surface area contributed by atoms with E-state index in [0.717, 1.165) is 4.57 Å². The summed E-state index contributed by atoms with van der Waals surface area (Å²) >= 11 is 0. The normalized spacial score (nSPS) is 39.5. The van der Waals surface area contributed by atoms with Crippen LogP contribution in [0, 0.1) is 11.3 Å². The molecule has 2 fully saturated rings. The molecule has 1 aromatic heterocycles. The predicted molar refractivity (Wildman–Crippen MR) is 86.6 cm³/mol. The first-order chi connectivity index (χ1) is 12.1. The van der Waals surface area contributed by atoms with Gasteiger partial charge in [-0.3, -0.25) is 18.1 Å². The Morgan fingerprint density at radius 2 is 2.31 bits per heavy atom. The fourth-order valence-electron chi connectivity index (χ4n) is 3.01. The van der Waals surface area contributed by atoms with Crippen LogP contribution in [0.2, 0.25) is 0 Å². The second-order valence-corrected chi connectivity index (χ2v) is 8.04. The molecule has 2 aliphatic heterocycles. The minimum absolute atomic E-state index is 0.0510. The highest BCUT2D eigenvalue weighted by Crippen LogP contribution is 2.61. The molecule has 0 aromatic carbocycles. The first-order valence-corrected chi connectivity index (χ1v) is 9.29. The van der Waals surface area contributed by atoms with Crippen LogP contribution in [0.15, 0.2) is 17.1 Å². The van der Waals surface area contributed by atoms with Crippen LogP contribution < -0.4 is 11.4 Å². The summed E-state index contributed by atoms with van der Waals surface area (Å²) in [6.45, 7) is 4.43. The monoisotopic (exact) mass is 386 g/mol. The molecule has 0 saturated carbocycles. The number of phosphoric ester groups is 1. The van der Waals surface area contributed by atoms with Gasteiger partial charge in [-0.1, -0.05) is 0 Å². The van der Waals surface area contributed by atoms with Gasteiger partial charge >= 0.3 is 13.5 Å². The van der Waals surface area contributed by atoms with Gasteiger partial charge < -0.3 is 15.6 Å². The highest BCUT2D eigenvalue weighted by atomic mass is 31.2. The van der Waals surface area contributed by atoms with Crippen LogP contribution in [-0.2, 0) is 28.6 Å². The molecule has 3 heterocycles. The van der Waals surface area contributed by atoms with Crippen molar-refractivity contribution in [3.05, 3.63) is 22.7 Å². The van der Waals surface area contributed by atoms with Crippen LogP contribution in [0.3, 0.4) is 0 Å². The molecule has 5 atom stereocenters. The molecule has 26 heavy (non-hydrogen) atoms. The van der Waals surface area contributed by atoms with E-state index < -0.39 is 43.2 Å². The van der Waals surface area contributed by atoms with Crippen molar-refractivity contribution in [1.82, 2.24) is 9.55 Å². The van der Waals surface area contributed by atoms with Gasteiger partial charge in [-0.2, -0.15) is 10.2 Å². The number of hydrogen-bond acceptors (Lipinski definition) is 10. The lowest BCUT2D eigenvalue weighted by molar-refractivity contribution is -0.124. The molecule has 11 nitrogen and oxygen atoms in total. The predicted octanol–water partition coefficient (Wildman–Crippen LogP) is 0.100. The highest BCUT2D eigenvalue weighted by molar-refractivity contribution is 7.48. The van der Waals surface area contributed by atoms with E-state index in [-0.39, 0.29) is 12.4 Å². The van der Waals surface area contributed by atoms with E-state index in [4.69, 9.17) is 24.0 Å².